The summed E-state index contributed by atoms with van der Waals surface area (Å²) in [5.41, 5.74) is 1.27. The third-order valence-corrected chi connectivity index (χ3v) is 4.17. The van der Waals surface area contributed by atoms with Gasteiger partial charge in [0, 0.05) is 25.8 Å². The SMILES string of the molecule is CN1C(=O)c2ccc(NC(=O)CN3CCCNCC3)cc2C1=O.Cl. The number of fused-ring (bicyclic) bond motifs is 1. The first-order chi connectivity index (χ1) is 11.1. The molecule has 0 aromatic heterocycles. The second kappa shape index (κ2) is 7.74. The van der Waals surface area contributed by atoms with E-state index in [0.29, 0.717) is 23.4 Å². The molecule has 1 saturated heterocycles. The highest BCUT2D eigenvalue weighted by atomic mass is 35.5. The molecular weight excluding hydrogens is 332 g/mol. The van der Waals surface area contributed by atoms with Crippen molar-refractivity contribution in [1.29, 1.82) is 0 Å². The number of carbonyl (C=O) groups is 3. The summed E-state index contributed by atoms with van der Waals surface area (Å²) in [6.45, 7) is 3.92. The van der Waals surface area contributed by atoms with Crippen LogP contribution < -0.4 is 10.6 Å². The number of nitrogens with one attached hydrogen (secondary N) is 2. The van der Waals surface area contributed by atoms with Gasteiger partial charge < -0.3 is 10.6 Å². The minimum Gasteiger partial charge on any atom is -0.325 e. The van der Waals surface area contributed by atoms with Crippen molar-refractivity contribution in [3.8, 4) is 0 Å². The Morgan fingerprint density at radius 3 is 2.71 bits per heavy atom. The molecule has 0 spiro atoms. The molecule has 130 valence electrons. The second-order valence-electron chi connectivity index (χ2n) is 5.86. The highest BCUT2D eigenvalue weighted by Gasteiger charge is 2.32. The van der Waals surface area contributed by atoms with Crippen LogP contribution in [0.5, 0.6) is 0 Å². The van der Waals surface area contributed by atoms with Gasteiger partial charge in [-0.2, -0.15) is 0 Å². The molecule has 8 heteroatoms. The van der Waals surface area contributed by atoms with Gasteiger partial charge in [0.2, 0.25) is 5.91 Å². The Kier molecular flexibility index (Phi) is 5.93. The zero-order chi connectivity index (χ0) is 16.4. The minimum absolute atomic E-state index is 0. The van der Waals surface area contributed by atoms with E-state index >= 15 is 0 Å². The molecule has 3 amide bonds. The second-order valence-corrected chi connectivity index (χ2v) is 5.86. The van der Waals surface area contributed by atoms with E-state index in [-0.39, 0.29) is 30.1 Å². The Bertz CT molecular complexity index is 657. The topological polar surface area (TPSA) is 81.8 Å². The average Bonchev–Trinajstić information content (AvgIpc) is 2.74. The van der Waals surface area contributed by atoms with Crippen molar-refractivity contribution in [2.45, 2.75) is 6.42 Å². The number of rotatable bonds is 3. The van der Waals surface area contributed by atoms with Crippen LogP contribution in [0, 0.1) is 0 Å². The number of benzene rings is 1. The van der Waals surface area contributed by atoms with Crippen molar-refractivity contribution in [2.75, 3.05) is 45.1 Å². The predicted molar refractivity (Wildman–Crippen MR) is 92.7 cm³/mol. The van der Waals surface area contributed by atoms with Crippen molar-refractivity contribution in [3.05, 3.63) is 29.3 Å². The molecular formula is C16H21ClN4O3. The molecule has 1 aromatic carbocycles. The quantitative estimate of drug-likeness (QED) is 0.777. The van der Waals surface area contributed by atoms with E-state index < -0.39 is 0 Å². The van der Waals surface area contributed by atoms with Crippen LogP contribution in [-0.4, -0.2) is 67.3 Å². The first-order valence-electron chi connectivity index (χ1n) is 7.75. The van der Waals surface area contributed by atoms with Crippen LogP contribution in [0.1, 0.15) is 27.1 Å². The number of carbonyl (C=O) groups excluding carboxylic acids is 3. The summed E-state index contributed by atoms with van der Waals surface area (Å²) in [7, 11) is 1.45. The lowest BCUT2D eigenvalue weighted by atomic mass is 10.1. The molecule has 0 unspecified atom stereocenters. The number of imide groups is 1. The molecule has 2 aliphatic heterocycles. The van der Waals surface area contributed by atoms with Gasteiger partial charge in [-0.1, -0.05) is 0 Å². The average molecular weight is 353 g/mol. The van der Waals surface area contributed by atoms with Gasteiger partial charge in [0.25, 0.3) is 11.8 Å². The van der Waals surface area contributed by atoms with Gasteiger partial charge >= 0.3 is 0 Å². The molecule has 1 aromatic rings. The smallest absolute Gasteiger partial charge is 0.261 e. The fourth-order valence-electron chi connectivity index (χ4n) is 2.90. The molecule has 1 fully saturated rings. The van der Waals surface area contributed by atoms with Gasteiger partial charge in [0.05, 0.1) is 17.7 Å². The molecule has 0 radical (unpaired) electrons. The lowest BCUT2D eigenvalue weighted by Crippen LogP contribution is -2.35. The Morgan fingerprint density at radius 2 is 1.92 bits per heavy atom. The van der Waals surface area contributed by atoms with E-state index in [1.54, 1.807) is 18.2 Å². The van der Waals surface area contributed by atoms with Crippen LogP contribution in [0.2, 0.25) is 0 Å². The largest absolute Gasteiger partial charge is 0.325 e. The number of hydrogen-bond donors (Lipinski definition) is 2. The van der Waals surface area contributed by atoms with Crippen LogP contribution in [0.3, 0.4) is 0 Å². The fraction of sp³-hybridized carbons (Fsp3) is 0.438. The highest BCUT2D eigenvalue weighted by Crippen LogP contribution is 2.24. The van der Waals surface area contributed by atoms with Gasteiger partial charge in [-0.25, -0.2) is 0 Å². The van der Waals surface area contributed by atoms with Crippen LogP contribution in [0.4, 0.5) is 5.69 Å². The third-order valence-electron chi connectivity index (χ3n) is 4.17. The van der Waals surface area contributed by atoms with Crippen LogP contribution >= 0.6 is 12.4 Å². The zero-order valence-corrected chi connectivity index (χ0v) is 14.3. The van der Waals surface area contributed by atoms with Gasteiger partial charge in [-0.3, -0.25) is 24.2 Å². The Hall–Kier alpha value is -1.96. The van der Waals surface area contributed by atoms with Crippen molar-refractivity contribution >= 4 is 35.8 Å². The fourth-order valence-corrected chi connectivity index (χ4v) is 2.90. The molecule has 0 atom stereocenters. The van der Waals surface area contributed by atoms with Crippen molar-refractivity contribution in [1.82, 2.24) is 15.1 Å². The Labute approximate surface area is 146 Å². The van der Waals surface area contributed by atoms with E-state index in [4.69, 9.17) is 0 Å². The lowest BCUT2D eigenvalue weighted by Gasteiger charge is -2.18. The van der Waals surface area contributed by atoms with Gasteiger partial charge in [0.15, 0.2) is 0 Å². The van der Waals surface area contributed by atoms with Crippen LogP contribution in [-0.2, 0) is 4.79 Å². The van der Waals surface area contributed by atoms with E-state index in [2.05, 4.69) is 15.5 Å². The standard InChI is InChI=1S/C16H20N4O3.ClH/c1-19-15(22)12-4-3-11(9-13(12)16(19)23)18-14(21)10-20-7-2-5-17-6-8-20;/h3-4,9,17H,2,5-8,10H2,1H3,(H,18,21);1H. The predicted octanol–water partition coefficient (Wildman–Crippen LogP) is 0.568. The Morgan fingerprint density at radius 1 is 1.17 bits per heavy atom. The van der Waals surface area contributed by atoms with Crippen molar-refractivity contribution in [2.24, 2.45) is 0 Å². The summed E-state index contributed by atoms with van der Waals surface area (Å²) < 4.78 is 0. The maximum atomic E-state index is 12.2. The molecule has 2 heterocycles. The van der Waals surface area contributed by atoms with Crippen LogP contribution in [0.15, 0.2) is 18.2 Å². The van der Waals surface area contributed by atoms with E-state index in [9.17, 15) is 14.4 Å². The summed E-state index contributed by atoms with van der Waals surface area (Å²) in [6.07, 6.45) is 1.02. The van der Waals surface area contributed by atoms with Gasteiger partial charge in [-0.15, -0.1) is 12.4 Å². The number of halogens is 1. The van der Waals surface area contributed by atoms with E-state index in [0.717, 1.165) is 37.5 Å². The van der Waals surface area contributed by atoms with Gasteiger partial charge in [-0.05, 0) is 37.7 Å². The third kappa shape index (κ3) is 3.75. The number of anilines is 1. The molecule has 7 nitrogen and oxygen atoms in total. The number of nitrogens with zero attached hydrogens (tertiary/aromatic N) is 2. The van der Waals surface area contributed by atoms with Crippen molar-refractivity contribution < 1.29 is 14.4 Å². The minimum atomic E-state index is -0.334. The van der Waals surface area contributed by atoms with Crippen molar-refractivity contribution in [3.63, 3.8) is 0 Å². The maximum absolute atomic E-state index is 12.2. The molecule has 0 aliphatic carbocycles. The molecule has 3 rings (SSSR count). The first kappa shape index (κ1) is 18.4. The normalized spacial score (nSPS) is 18.0. The van der Waals surface area contributed by atoms with E-state index in [1.165, 1.54) is 7.05 Å². The summed E-state index contributed by atoms with van der Waals surface area (Å²) in [6, 6.07) is 4.82. The Balaban J connectivity index is 0.00000208. The first-order valence-corrected chi connectivity index (χ1v) is 7.75. The monoisotopic (exact) mass is 352 g/mol. The molecule has 24 heavy (non-hydrogen) atoms. The molecule has 2 aliphatic rings. The summed E-state index contributed by atoms with van der Waals surface area (Å²) in [5, 5.41) is 6.10. The van der Waals surface area contributed by atoms with Gasteiger partial charge in [0.1, 0.15) is 0 Å². The maximum Gasteiger partial charge on any atom is 0.261 e. The summed E-state index contributed by atoms with van der Waals surface area (Å²) in [5.74, 6) is -0.753. The molecule has 2 N–H and O–H groups in total. The van der Waals surface area contributed by atoms with E-state index in [1.807, 2.05) is 0 Å². The molecule has 0 saturated carbocycles. The zero-order valence-electron chi connectivity index (χ0n) is 13.5. The number of amides is 3. The molecule has 0 bridgehead atoms. The summed E-state index contributed by atoms with van der Waals surface area (Å²) in [4.78, 5) is 39.2. The summed E-state index contributed by atoms with van der Waals surface area (Å²) >= 11 is 0. The lowest BCUT2D eigenvalue weighted by molar-refractivity contribution is -0.117. The highest BCUT2D eigenvalue weighted by molar-refractivity contribution is 6.21. The number of hydrogen-bond acceptors (Lipinski definition) is 5. The van der Waals surface area contributed by atoms with Crippen LogP contribution in [0.25, 0.3) is 0 Å².